The van der Waals surface area contributed by atoms with Crippen molar-refractivity contribution in [2.24, 2.45) is 5.92 Å². The fourth-order valence-corrected chi connectivity index (χ4v) is 3.28. The normalized spacial score (nSPS) is 13.5. The first-order valence-electron chi connectivity index (χ1n) is 11.7. The Kier molecular flexibility index (Phi) is 18.1. The lowest BCUT2D eigenvalue weighted by molar-refractivity contribution is -0.143. The molecule has 0 aromatic carbocycles. The summed E-state index contributed by atoms with van der Waals surface area (Å²) >= 11 is 0. The Labute approximate surface area is 173 Å². The Morgan fingerprint density at radius 2 is 1.32 bits per heavy atom. The van der Waals surface area contributed by atoms with Crippen LogP contribution in [0.3, 0.4) is 0 Å². The Morgan fingerprint density at radius 1 is 0.821 bits per heavy atom. The molecule has 0 aliphatic rings. The molecule has 0 saturated heterocycles. The largest absolute Gasteiger partial charge is 0.480 e. The third kappa shape index (κ3) is 15.7. The predicted molar refractivity (Wildman–Crippen MR) is 118 cm³/mol. The van der Waals surface area contributed by atoms with Crippen LogP contribution in [0.2, 0.25) is 0 Å². The second-order valence-corrected chi connectivity index (χ2v) is 8.10. The minimum Gasteiger partial charge on any atom is -0.480 e. The van der Waals surface area contributed by atoms with Gasteiger partial charge in [-0.3, -0.25) is 4.79 Å². The second kappa shape index (κ2) is 19.0. The van der Waals surface area contributed by atoms with Gasteiger partial charge >= 0.3 is 5.97 Å². The van der Waals surface area contributed by atoms with Gasteiger partial charge in [-0.2, -0.15) is 0 Å². The Balaban J connectivity index is 3.52. The summed E-state index contributed by atoms with van der Waals surface area (Å²) in [5, 5.41) is 11.9. The zero-order valence-corrected chi connectivity index (χ0v) is 18.7. The number of hydrogen-bond donors (Lipinski definition) is 2. The number of carboxylic acids is 1. The van der Waals surface area contributed by atoms with Crippen molar-refractivity contribution in [2.75, 3.05) is 0 Å². The third-order valence-corrected chi connectivity index (χ3v) is 5.46. The van der Waals surface area contributed by atoms with Crippen molar-refractivity contribution in [1.29, 1.82) is 0 Å². The monoisotopic (exact) mass is 395 g/mol. The van der Waals surface area contributed by atoms with E-state index in [4.69, 9.17) is 0 Å². The van der Waals surface area contributed by atoms with Crippen LogP contribution in [0, 0.1) is 5.92 Å². The van der Waals surface area contributed by atoms with Gasteiger partial charge in [-0.1, -0.05) is 90.7 Å². The lowest BCUT2D eigenvalue weighted by Crippen LogP contribution is -2.44. The van der Waals surface area contributed by atoms with Gasteiger partial charge in [-0.25, -0.2) is 4.79 Å². The van der Waals surface area contributed by atoms with Crippen LogP contribution in [0.4, 0.5) is 0 Å². The molecule has 0 radical (unpaired) electrons. The number of carbonyl (C=O) groups is 2. The number of rotatable bonds is 19. The number of allylic oxidation sites excluding steroid dienone is 2. The Hall–Kier alpha value is -1.32. The lowest BCUT2D eigenvalue weighted by Gasteiger charge is -2.20. The first-order chi connectivity index (χ1) is 13.5. The van der Waals surface area contributed by atoms with Crippen molar-refractivity contribution in [3.8, 4) is 0 Å². The number of amides is 1. The average molecular weight is 396 g/mol. The Bertz CT molecular complexity index is 420. The number of unbranched alkanes of at least 4 members (excludes halogenated alkanes) is 11. The molecular weight excluding hydrogens is 350 g/mol. The van der Waals surface area contributed by atoms with Crippen molar-refractivity contribution in [3.63, 3.8) is 0 Å². The van der Waals surface area contributed by atoms with Crippen LogP contribution in [0.1, 0.15) is 117 Å². The highest BCUT2D eigenvalue weighted by atomic mass is 16.4. The molecule has 164 valence electrons. The molecule has 0 rings (SSSR count). The SMILES string of the molecule is CCCCCCCC/C=C/CCCCCCCC(=O)N[C@H](C(=O)O)[C@@H](C)CC. The van der Waals surface area contributed by atoms with Crippen LogP contribution in [0.15, 0.2) is 12.2 Å². The molecule has 2 N–H and O–H groups in total. The summed E-state index contributed by atoms with van der Waals surface area (Å²) in [6, 6.07) is -0.763. The zero-order chi connectivity index (χ0) is 21.0. The van der Waals surface area contributed by atoms with E-state index >= 15 is 0 Å². The number of carboxylic acid groups (broad SMARTS) is 1. The van der Waals surface area contributed by atoms with E-state index in [-0.39, 0.29) is 11.8 Å². The average Bonchev–Trinajstić information content (AvgIpc) is 2.68. The Morgan fingerprint density at radius 3 is 1.82 bits per heavy atom. The van der Waals surface area contributed by atoms with Gasteiger partial charge in [0.25, 0.3) is 0 Å². The molecule has 0 fully saturated rings. The molecule has 4 heteroatoms. The molecule has 0 heterocycles. The standard InChI is InChI=1S/C24H45NO3/c1-4-6-7-8-9-10-11-12-13-14-15-16-17-18-19-20-22(26)25-23(24(27)28)21(3)5-2/h12-13,21,23H,4-11,14-20H2,1-3H3,(H,25,26)(H,27,28)/b13-12+/t21-,23-/m0/s1. The van der Waals surface area contributed by atoms with Crippen molar-refractivity contribution in [3.05, 3.63) is 12.2 Å². The molecule has 0 unspecified atom stereocenters. The molecule has 4 nitrogen and oxygen atoms in total. The van der Waals surface area contributed by atoms with Crippen molar-refractivity contribution >= 4 is 11.9 Å². The minimum atomic E-state index is -0.938. The van der Waals surface area contributed by atoms with E-state index in [2.05, 4.69) is 24.4 Å². The van der Waals surface area contributed by atoms with Crippen LogP contribution in [0.5, 0.6) is 0 Å². The lowest BCUT2D eigenvalue weighted by atomic mass is 9.99. The van der Waals surface area contributed by atoms with Crippen molar-refractivity contribution < 1.29 is 14.7 Å². The summed E-state index contributed by atoms with van der Waals surface area (Å²) in [6.07, 6.45) is 21.8. The predicted octanol–water partition coefficient (Wildman–Crippen LogP) is 6.64. The fourth-order valence-electron chi connectivity index (χ4n) is 3.28. The second-order valence-electron chi connectivity index (χ2n) is 8.10. The highest BCUT2D eigenvalue weighted by molar-refractivity contribution is 5.83. The first-order valence-corrected chi connectivity index (χ1v) is 11.7. The topological polar surface area (TPSA) is 66.4 Å². The molecule has 0 bridgehead atoms. The minimum absolute atomic E-state index is 0.0458. The maximum Gasteiger partial charge on any atom is 0.326 e. The smallest absolute Gasteiger partial charge is 0.326 e. The van der Waals surface area contributed by atoms with E-state index < -0.39 is 12.0 Å². The highest BCUT2D eigenvalue weighted by Crippen LogP contribution is 2.11. The number of hydrogen-bond acceptors (Lipinski definition) is 2. The van der Waals surface area contributed by atoms with Crippen LogP contribution in [-0.2, 0) is 9.59 Å². The van der Waals surface area contributed by atoms with Gasteiger partial charge in [-0.05, 0) is 38.0 Å². The van der Waals surface area contributed by atoms with Gasteiger partial charge in [0.2, 0.25) is 5.91 Å². The van der Waals surface area contributed by atoms with Crippen LogP contribution >= 0.6 is 0 Å². The summed E-state index contributed by atoms with van der Waals surface area (Å²) in [4.78, 5) is 23.2. The van der Waals surface area contributed by atoms with Crippen LogP contribution in [-0.4, -0.2) is 23.0 Å². The molecule has 2 atom stereocenters. The van der Waals surface area contributed by atoms with Gasteiger partial charge in [0.1, 0.15) is 6.04 Å². The van der Waals surface area contributed by atoms with Crippen LogP contribution in [0.25, 0.3) is 0 Å². The van der Waals surface area contributed by atoms with Crippen LogP contribution < -0.4 is 5.32 Å². The zero-order valence-electron chi connectivity index (χ0n) is 18.7. The maximum absolute atomic E-state index is 11.9. The van der Waals surface area contributed by atoms with E-state index in [0.717, 1.165) is 32.1 Å². The van der Waals surface area contributed by atoms with Gasteiger partial charge in [0.15, 0.2) is 0 Å². The molecule has 0 aromatic heterocycles. The molecule has 0 aromatic rings. The van der Waals surface area contributed by atoms with Gasteiger partial charge < -0.3 is 10.4 Å². The number of aliphatic carboxylic acids is 1. The van der Waals surface area contributed by atoms with E-state index in [1.807, 2.05) is 13.8 Å². The molecule has 0 aliphatic carbocycles. The maximum atomic E-state index is 11.9. The van der Waals surface area contributed by atoms with E-state index in [0.29, 0.717) is 6.42 Å². The van der Waals surface area contributed by atoms with Gasteiger partial charge in [0, 0.05) is 6.42 Å². The van der Waals surface area contributed by atoms with E-state index in [1.54, 1.807) is 0 Å². The van der Waals surface area contributed by atoms with Gasteiger partial charge in [-0.15, -0.1) is 0 Å². The molecule has 28 heavy (non-hydrogen) atoms. The third-order valence-electron chi connectivity index (χ3n) is 5.46. The highest BCUT2D eigenvalue weighted by Gasteiger charge is 2.24. The quantitative estimate of drug-likeness (QED) is 0.190. The molecule has 0 aliphatic heterocycles. The first kappa shape index (κ1) is 26.7. The summed E-state index contributed by atoms with van der Waals surface area (Å²) in [5.74, 6) is -1.12. The summed E-state index contributed by atoms with van der Waals surface area (Å²) in [7, 11) is 0. The van der Waals surface area contributed by atoms with Gasteiger partial charge in [0.05, 0.1) is 0 Å². The van der Waals surface area contributed by atoms with Crippen molar-refractivity contribution in [1.82, 2.24) is 5.32 Å². The summed E-state index contributed by atoms with van der Waals surface area (Å²) in [6.45, 7) is 6.06. The molecule has 0 saturated carbocycles. The fraction of sp³-hybridized carbons (Fsp3) is 0.833. The van der Waals surface area contributed by atoms with Crippen molar-refractivity contribution in [2.45, 2.75) is 123 Å². The molecule has 0 spiro atoms. The molecular formula is C24H45NO3. The summed E-state index contributed by atoms with van der Waals surface area (Å²) in [5.41, 5.74) is 0. The van der Waals surface area contributed by atoms with E-state index in [9.17, 15) is 14.7 Å². The summed E-state index contributed by atoms with van der Waals surface area (Å²) < 4.78 is 0. The number of carbonyl (C=O) groups excluding carboxylic acids is 1. The number of nitrogens with one attached hydrogen (secondary N) is 1. The van der Waals surface area contributed by atoms with E-state index in [1.165, 1.54) is 57.8 Å². The molecule has 1 amide bonds.